The van der Waals surface area contributed by atoms with E-state index in [0.29, 0.717) is 26.9 Å². The Morgan fingerprint density at radius 2 is 1.50 bits per heavy atom. The van der Waals surface area contributed by atoms with Crippen molar-refractivity contribution in [3.05, 3.63) is 63.6 Å². The summed E-state index contributed by atoms with van der Waals surface area (Å²) < 4.78 is 0. The third kappa shape index (κ3) is 2.88. The van der Waals surface area contributed by atoms with Gasteiger partial charge in [0.05, 0.1) is 11.1 Å². The molecule has 2 aromatic carbocycles. The Bertz CT molecular complexity index is 811. The smallest absolute Gasteiger partial charge is 0.262 e. The number of rotatable bonds is 3. The molecule has 0 bridgehead atoms. The number of nitrogens with zero attached hydrogens (tertiary/aromatic N) is 1. The van der Waals surface area contributed by atoms with Crippen LogP contribution in [-0.2, 0) is 4.79 Å². The minimum Gasteiger partial charge on any atom is -0.324 e. The molecule has 0 spiro atoms. The first-order chi connectivity index (χ1) is 11.4. The van der Waals surface area contributed by atoms with Gasteiger partial charge in [0.15, 0.2) is 0 Å². The molecule has 3 rings (SSSR count). The average Bonchev–Trinajstić information content (AvgIpc) is 2.77. The van der Waals surface area contributed by atoms with E-state index in [2.05, 4.69) is 5.32 Å². The number of hydrogen-bond donors (Lipinski definition) is 1. The first-order valence-electron chi connectivity index (χ1n) is 7.12. The summed E-state index contributed by atoms with van der Waals surface area (Å²) in [6, 6.07) is 10.1. The van der Waals surface area contributed by atoms with Gasteiger partial charge in [-0.1, -0.05) is 35.3 Å². The molecule has 24 heavy (non-hydrogen) atoms. The number of hydrogen-bond acceptors (Lipinski definition) is 3. The Morgan fingerprint density at radius 1 is 1.00 bits per heavy atom. The molecule has 1 aliphatic rings. The van der Waals surface area contributed by atoms with Crippen LogP contribution in [0.4, 0.5) is 5.69 Å². The fraction of sp³-hybridized carbons (Fsp3) is 0.118. The molecule has 0 fully saturated rings. The quantitative estimate of drug-likeness (QED) is 0.848. The molecular formula is C17H12Cl2N2O3. The van der Waals surface area contributed by atoms with Gasteiger partial charge in [-0.25, -0.2) is 0 Å². The van der Waals surface area contributed by atoms with E-state index in [4.69, 9.17) is 23.2 Å². The van der Waals surface area contributed by atoms with Crippen molar-refractivity contribution in [1.82, 2.24) is 4.90 Å². The van der Waals surface area contributed by atoms with Gasteiger partial charge in [0, 0.05) is 15.7 Å². The Kier molecular flexibility index (Phi) is 4.30. The molecule has 0 saturated heterocycles. The van der Waals surface area contributed by atoms with Gasteiger partial charge in [0.25, 0.3) is 11.8 Å². The highest BCUT2D eigenvalue weighted by Crippen LogP contribution is 2.26. The lowest BCUT2D eigenvalue weighted by Crippen LogP contribution is -2.45. The normalized spacial score (nSPS) is 14.5. The largest absolute Gasteiger partial charge is 0.324 e. The lowest BCUT2D eigenvalue weighted by molar-refractivity contribution is -0.119. The van der Waals surface area contributed by atoms with Crippen LogP contribution in [0.3, 0.4) is 0 Å². The third-order valence-electron chi connectivity index (χ3n) is 3.72. The molecule has 1 atom stereocenters. The molecule has 0 unspecified atom stereocenters. The molecule has 5 nitrogen and oxygen atoms in total. The Balaban J connectivity index is 1.82. The molecule has 1 heterocycles. The first-order valence-corrected chi connectivity index (χ1v) is 7.88. The fourth-order valence-electron chi connectivity index (χ4n) is 2.55. The predicted molar refractivity (Wildman–Crippen MR) is 91.5 cm³/mol. The number of halogens is 2. The van der Waals surface area contributed by atoms with Crippen LogP contribution in [-0.4, -0.2) is 28.7 Å². The van der Waals surface area contributed by atoms with Crippen LogP contribution in [0.5, 0.6) is 0 Å². The highest BCUT2D eigenvalue weighted by Gasteiger charge is 2.40. The summed E-state index contributed by atoms with van der Waals surface area (Å²) in [7, 11) is 0. The van der Waals surface area contributed by atoms with Crippen molar-refractivity contribution in [2.75, 3.05) is 5.32 Å². The Morgan fingerprint density at radius 3 is 2.00 bits per heavy atom. The molecule has 0 aliphatic carbocycles. The zero-order valence-corrected chi connectivity index (χ0v) is 14.1. The number of fused-ring (bicyclic) bond motifs is 1. The van der Waals surface area contributed by atoms with Gasteiger partial charge in [-0.15, -0.1) is 0 Å². The van der Waals surface area contributed by atoms with Crippen molar-refractivity contribution in [2.24, 2.45) is 0 Å². The summed E-state index contributed by atoms with van der Waals surface area (Å²) in [5.41, 5.74) is 0.988. The van der Waals surface area contributed by atoms with E-state index in [1.165, 1.54) is 25.1 Å². The van der Waals surface area contributed by atoms with Crippen LogP contribution < -0.4 is 5.32 Å². The van der Waals surface area contributed by atoms with E-state index in [-0.39, 0.29) is 0 Å². The van der Waals surface area contributed by atoms with Gasteiger partial charge in [0.1, 0.15) is 6.04 Å². The van der Waals surface area contributed by atoms with Gasteiger partial charge in [-0.05, 0) is 37.3 Å². The van der Waals surface area contributed by atoms with E-state index >= 15 is 0 Å². The minimum absolute atomic E-state index is 0.299. The van der Waals surface area contributed by atoms with Crippen LogP contribution in [0.2, 0.25) is 10.0 Å². The van der Waals surface area contributed by atoms with Crippen molar-refractivity contribution in [3.8, 4) is 0 Å². The van der Waals surface area contributed by atoms with Crippen molar-refractivity contribution in [1.29, 1.82) is 0 Å². The number of anilines is 1. The summed E-state index contributed by atoms with van der Waals surface area (Å²) in [6.45, 7) is 1.49. The van der Waals surface area contributed by atoms with Crippen molar-refractivity contribution in [2.45, 2.75) is 13.0 Å². The maximum absolute atomic E-state index is 12.4. The zero-order valence-electron chi connectivity index (χ0n) is 12.5. The molecule has 3 amide bonds. The van der Waals surface area contributed by atoms with Crippen LogP contribution in [0.25, 0.3) is 0 Å². The van der Waals surface area contributed by atoms with Crippen LogP contribution in [0.1, 0.15) is 27.6 Å². The monoisotopic (exact) mass is 362 g/mol. The summed E-state index contributed by atoms with van der Waals surface area (Å²) in [5, 5.41) is 3.35. The topological polar surface area (TPSA) is 66.5 Å². The number of amides is 3. The summed E-state index contributed by atoms with van der Waals surface area (Å²) >= 11 is 11.8. The van der Waals surface area contributed by atoms with E-state index in [0.717, 1.165) is 4.90 Å². The van der Waals surface area contributed by atoms with Crippen LogP contribution >= 0.6 is 23.2 Å². The van der Waals surface area contributed by atoms with Gasteiger partial charge >= 0.3 is 0 Å². The molecule has 0 aromatic heterocycles. The third-order valence-corrected chi connectivity index (χ3v) is 4.16. The second-order valence-electron chi connectivity index (χ2n) is 5.35. The molecule has 2 aromatic rings. The number of imide groups is 1. The van der Waals surface area contributed by atoms with E-state index in [1.54, 1.807) is 24.3 Å². The zero-order chi connectivity index (χ0) is 17.4. The molecule has 1 aliphatic heterocycles. The molecule has 122 valence electrons. The van der Waals surface area contributed by atoms with Crippen LogP contribution in [0.15, 0.2) is 42.5 Å². The Labute approximate surface area is 148 Å². The molecule has 0 radical (unpaired) electrons. The lowest BCUT2D eigenvalue weighted by atomic mass is 10.1. The number of benzene rings is 2. The molecular weight excluding hydrogens is 351 g/mol. The summed E-state index contributed by atoms with van der Waals surface area (Å²) in [4.78, 5) is 38.2. The standard InChI is InChI=1S/C17H12Cl2N2O3/c1-9(15(22)20-12-7-10(18)6-11(19)8-12)21-16(23)13-4-2-3-5-14(13)17(21)24/h2-9H,1H3,(H,20,22)/t9-/m1/s1. The Hall–Kier alpha value is -2.37. The second kappa shape index (κ2) is 6.26. The second-order valence-corrected chi connectivity index (χ2v) is 6.22. The molecule has 0 saturated carbocycles. The van der Waals surface area contributed by atoms with Crippen LogP contribution in [0, 0.1) is 0 Å². The summed E-state index contributed by atoms with van der Waals surface area (Å²) in [5.74, 6) is -1.48. The van der Waals surface area contributed by atoms with Gasteiger partial charge in [-0.2, -0.15) is 0 Å². The van der Waals surface area contributed by atoms with Crippen molar-refractivity contribution in [3.63, 3.8) is 0 Å². The number of carbonyl (C=O) groups is 3. The van der Waals surface area contributed by atoms with Crippen molar-refractivity contribution < 1.29 is 14.4 Å². The summed E-state index contributed by atoms with van der Waals surface area (Å²) in [6.07, 6.45) is 0. The first kappa shape index (κ1) is 16.5. The SMILES string of the molecule is C[C@H](C(=O)Nc1cc(Cl)cc(Cl)c1)N1C(=O)c2ccccc2C1=O. The van der Waals surface area contributed by atoms with E-state index < -0.39 is 23.8 Å². The van der Waals surface area contributed by atoms with E-state index in [9.17, 15) is 14.4 Å². The van der Waals surface area contributed by atoms with E-state index in [1.807, 2.05) is 0 Å². The number of nitrogens with one attached hydrogen (secondary N) is 1. The van der Waals surface area contributed by atoms with Crippen molar-refractivity contribution >= 4 is 46.6 Å². The van der Waals surface area contributed by atoms with Gasteiger partial charge in [-0.3, -0.25) is 19.3 Å². The fourth-order valence-corrected chi connectivity index (χ4v) is 3.08. The molecule has 1 N–H and O–H groups in total. The average molecular weight is 363 g/mol. The highest BCUT2D eigenvalue weighted by molar-refractivity contribution is 6.35. The maximum atomic E-state index is 12.4. The predicted octanol–water partition coefficient (Wildman–Crippen LogP) is 3.62. The molecule has 7 heteroatoms. The minimum atomic E-state index is -0.977. The number of carbonyl (C=O) groups excluding carboxylic acids is 3. The van der Waals surface area contributed by atoms with Gasteiger partial charge in [0.2, 0.25) is 5.91 Å². The van der Waals surface area contributed by atoms with Gasteiger partial charge < -0.3 is 5.32 Å². The lowest BCUT2D eigenvalue weighted by Gasteiger charge is -2.21. The highest BCUT2D eigenvalue weighted by atomic mass is 35.5. The maximum Gasteiger partial charge on any atom is 0.262 e.